The molecule has 7 saturated heterocycles. The molecule has 0 spiro atoms. The highest BCUT2D eigenvalue weighted by Crippen LogP contribution is 2.42. The summed E-state index contributed by atoms with van der Waals surface area (Å²) < 4.78 is 76.2. The molecule has 0 saturated carbocycles. The number of aliphatic hydroxyl groups excluding tert-OH is 20. The molecule has 36 atom stereocenters. The quantitative estimate of drug-likeness (QED) is 0.0427. The van der Waals surface area contributed by atoms with E-state index in [4.69, 9.17) is 61.6 Å². The van der Waals surface area contributed by atoms with Gasteiger partial charge in [0.1, 0.15) is 159 Å². The number of ether oxygens (including phenoxy) is 13. The van der Waals surface area contributed by atoms with Crippen molar-refractivity contribution in [3.63, 3.8) is 0 Å². The minimum atomic E-state index is -3.43. The number of carbonyl (C=O) groups excluding carboxylic acids is 3. The second-order valence-corrected chi connectivity index (χ2v) is 23.2. The summed E-state index contributed by atoms with van der Waals surface area (Å²) >= 11 is 0. The third-order valence-electron chi connectivity index (χ3n) is 16.7. The van der Waals surface area contributed by atoms with Gasteiger partial charge in [0.05, 0.1) is 57.9 Å². The summed E-state index contributed by atoms with van der Waals surface area (Å²) in [4.78, 5) is 52.0. The van der Waals surface area contributed by atoms with E-state index in [1.54, 1.807) is 0 Å². The SMILES string of the molecule is CC(=O)N[C@H]1[C@H](O[C@H]2[C@@H](O)[C@@H](CO)O[C@@H](O[C@H]3[C@@H](O)[C@@H](CO)O[C@@H](O[C@@H]4[C@H](O[C@]5(C(=O)O)C[C@H](O)[C@@H](NC(C)=O)[C@H]([C@H](O)[C@H](O)CO)O5)[C@@H](O)[C@H](O[C@H]5[C@H](O)[C@@H](O)[C@H](O)O[C@@H]5CO)O[C@@H]4CO)[C@@H]3NC(C)=O)[C@@H]2O)O[C@H](CO)[C@H](O)[C@@H]1O[C@@H]1O[C@@H](C)[C@@H](O)[C@@H](O)[C@@H]1O. The molecule has 7 heterocycles. The monoisotopic (exact) mass is 1350 g/mol. The third kappa shape index (κ3) is 16.2. The Labute approximate surface area is 520 Å². The van der Waals surface area contributed by atoms with Crippen LogP contribution in [0.4, 0.5) is 0 Å². The second kappa shape index (κ2) is 32.3. The van der Waals surface area contributed by atoms with E-state index in [9.17, 15) is 126 Å². The van der Waals surface area contributed by atoms with Crippen LogP contribution in [0.15, 0.2) is 0 Å². The predicted octanol–water partition coefficient (Wildman–Crippen LogP) is -15.6. The van der Waals surface area contributed by atoms with Crippen LogP contribution in [-0.2, 0) is 80.8 Å². The summed E-state index contributed by atoms with van der Waals surface area (Å²) in [6, 6.07) is -5.64. The smallest absolute Gasteiger partial charge is 0.364 e. The van der Waals surface area contributed by atoms with Crippen molar-refractivity contribution < 1.29 is 188 Å². The fourth-order valence-electron chi connectivity index (χ4n) is 11.9. The van der Waals surface area contributed by atoms with Gasteiger partial charge in [-0.15, -0.1) is 0 Å². The Hall–Kier alpha value is -3.44. The van der Waals surface area contributed by atoms with Gasteiger partial charge in [-0.3, -0.25) is 14.4 Å². The molecule has 0 aromatic heterocycles. The highest BCUT2D eigenvalue weighted by atomic mass is 16.8. The molecule has 532 valence electrons. The van der Waals surface area contributed by atoms with Gasteiger partial charge in [0.2, 0.25) is 17.7 Å². The summed E-state index contributed by atoms with van der Waals surface area (Å²) in [6.07, 6.45) is -68.0. The molecule has 92 heavy (non-hydrogen) atoms. The van der Waals surface area contributed by atoms with Gasteiger partial charge in [0.25, 0.3) is 5.79 Å². The van der Waals surface area contributed by atoms with E-state index in [0.717, 1.165) is 20.8 Å². The predicted molar refractivity (Wildman–Crippen MR) is 282 cm³/mol. The summed E-state index contributed by atoms with van der Waals surface area (Å²) in [5.41, 5.74) is 0. The van der Waals surface area contributed by atoms with Gasteiger partial charge in [-0.25, -0.2) is 4.79 Å². The van der Waals surface area contributed by atoms with E-state index in [1.165, 1.54) is 6.92 Å². The van der Waals surface area contributed by atoms with Crippen molar-refractivity contribution in [2.45, 2.75) is 254 Å². The van der Waals surface area contributed by atoms with Crippen LogP contribution in [0.1, 0.15) is 34.1 Å². The van der Waals surface area contributed by atoms with Crippen LogP contribution in [0, 0.1) is 0 Å². The number of aliphatic carboxylic acids is 1. The average Bonchev–Trinajstić information content (AvgIpc) is 0.764. The molecule has 24 N–H and O–H groups in total. The largest absolute Gasteiger partial charge is 0.477 e. The standard InChI is InChI=1S/C51H85N3O38/c1-12-26(66)31(71)34(74)47(80-12)88-39-25(54-15(4)63)46(83-19(8-57)28(39)68)90-42-30(70)20(9-58)84-48(35(42)75)89-40-24(53-14(3)62)45(82-18(7-56)29(40)69)87-38-22(11-60)85-49(86-37-21(10-59)81-44(77)33(73)32(37)72)36(76)43(38)92-51(50(78)79)5-16(64)23(52-13(2)61)41(91-51)27(67)17(65)6-55/h12,16-49,55-60,64-77H,5-11H2,1-4H3,(H,52,61)(H,53,62)(H,54,63)(H,78,79)/t12-,16-,17+,18+,19+,20+,21+,22+,23+,24+,25+,26+,27+,28-,29-,30-,31+,32+,33+,34-,35+,36+,37+,38-,39+,40+,41+,42-,43+,44+,45-,46-,47-,48-,49-,51-/m0/s1. The van der Waals surface area contributed by atoms with Crippen molar-refractivity contribution in [2.75, 3.05) is 39.6 Å². The maximum atomic E-state index is 13.7. The van der Waals surface area contributed by atoms with Gasteiger partial charge in [-0.2, -0.15) is 0 Å². The van der Waals surface area contributed by atoms with Crippen molar-refractivity contribution in [1.29, 1.82) is 0 Å². The van der Waals surface area contributed by atoms with Crippen LogP contribution in [0.5, 0.6) is 0 Å². The van der Waals surface area contributed by atoms with Gasteiger partial charge >= 0.3 is 5.97 Å². The first-order valence-electron chi connectivity index (χ1n) is 29.1. The zero-order valence-corrected chi connectivity index (χ0v) is 49.5. The molecular formula is C51H85N3O38. The first kappa shape index (κ1) is 75.9. The Morgan fingerprint density at radius 1 is 0.446 bits per heavy atom. The molecule has 7 aliphatic rings. The summed E-state index contributed by atoms with van der Waals surface area (Å²) in [6.45, 7) is -2.85. The number of nitrogens with one attached hydrogen (secondary N) is 3. The van der Waals surface area contributed by atoms with E-state index in [2.05, 4.69) is 16.0 Å². The molecule has 3 amide bonds. The Morgan fingerprint density at radius 2 is 0.848 bits per heavy atom. The first-order chi connectivity index (χ1) is 43.3. The fraction of sp³-hybridized carbons (Fsp3) is 0.922. The van der Waals surface area contributed by atoms with Gasteiger partial charge in [-0.05, 0) is 6.92 Å². The van der Waals surface area contributed by atoms with E-state index < -0.39 is 290 Å². The van der Waals surface area contributed by atoms with Crippen molar-refractivity contribution in [2.24, 2.45) is 0 Å². The Bertz CT molecular complexity index is 2400. The minimum Gasteiger partial charge on any atom is -0.477 e. The third-order valence-corrected chi connectivity index (χ3v) is 16.7. The molecule has 0 radical (unpaired) electrons. The Morgan fingerprint density at radius 3 is 1.32 bits per heavy atom. The fourth-order valence-corrected chi connectivity index (χ4v) is 11.9. The minimum absolute atomic E-state index is 0.874. The summed E-state index contributed by atoms with van der Waals surface area (Å²) in [7, 11) is 0. The lowest BCUT2D eigenvalue weighted by molar-refractivity contribution is -0.403. The van der Waals surface area contributed by atoms with Crippen LogP contribution in [0.25, 0.3) is 0 Å². The average molecular weight is 1350 g/mol. The molecule has 0 aromatic rings. The number of hydrogen-bond acceptors (Lipinski definition) is 37. The first-order valence-corrected chi connectivity index (χ1v) is 29.1. The van der Waals surface area contributed by atoms with E-state index >= 15 is 0 Å². The maximum absolute atomic E-state index is 13.7. The summed E-state index contributed by atoms with van der Waals surface area (Å²) in [5, 5.41) is 237. The highest BCUT2D eigenvalue weighted by molar-refractivity contribution is 5.77. The van der Waals surface area contributed by atoms with E-state index in [0.29, 0.717) is 0 Å². The molecule has 7 rings (SSSR count). The van der Waals surface area contributed by atoms with E-state index in [-0.39, 0.29) is 0 Å². The number of rotatable bonds is 24. The van der Waals surface area contributed by atoms with Crippen LogP contribution in [0.3, 0.4) is 0 Å². The highest BCUT2D eigenvalue weighted by Gasteiger charge is 2.63. The molecule has 7 aliphatic heterocycles. The number of carboxylic acids is 1. The topological polar surface area (TPSA) is 649 Å². The van der Waals surface area contributed by atoms with Gasteiger partial charge in [0, 0.05) is 27.2 Å². The molecular weight excluding hydrogens is 1260 g/mol. The lowest BCUT2D eigenvalue weighted by atomic mass is 9.88. The van der Waals surface area contributed by atoms with Crippen LogP contribution >= 0.6 is 0 Å². The summed E-state index contributed by atoms with van der Waals surface area (Å²) in [5.74, 6) is -8.43. The van der Waals surface area contributed by atoms with Gasteiger partial charge < -0.3 is 185 Å². The van der Waals surface area contributed by atoms with Gasteiger partial charge in [-0.1, -0.05) is 0 Å². The lowest BCUT2D eigenvalue weighted by Gasteiger charge is -2.53. The van der Waals surface area contributed by atoms with Crippen molar-refractivity contribution in [1.82, 2.24) is 16.0 Å². The zero-order valence-electron chi connectivity index (χ0n) is 49.5. The van der Waals surface area contributed by atoms with Crippen LogP contribution in [-0.4, -0.2) is 391 Å². The van der Waals surface area contributed by atoms with Crippen molar-refractivity contribution in [3.8, 4) is 0 Å². The van der Waals surface area contributed by atoms with Crippen LogP contribution < -0.4 is 16.0 Å². The number of hydrogen-bond donors (Lipinski definition) is 24. The maximum Gasteiger partial charge on any atom is 0.364 e. The van der Waals surface area contributed by atoms with Crippen molar-refractivity contribution >= 4 is 23.7 Å². The lowest BCUT2D eigenvalue weighted by Crippen LogP contribution is -2.72. The molecule has 0 aromatic carbocycles. The van der Waals surface area contributed by atoms with Gasteiger partial charge in [0.15, 0.2) is 37.7 Å². The molecule has 41 nitrogen and oxygen atoms in total. The van der Waals surface area contributed by atoms with Crippen molar-refractivity contribution in [3.05, 3.63) is 0 Å². The number of aliphatic hydroxyl groups is 20. The Kier molecular flexibility index (Phi) is 26.6. The molecule has 7 fully saturated rings. The molecule has 0 bridgehead atoms. The second-order valence-electron chi connectivity index (χ2n) is 23.2. The number of amides is 3. The molecule has 0 unspecified atom stereocenters. The molecule has 0 aliphatic carbocycles. The normalized spacial score (nSPS) is 47.6. The zero-order chi connectivity index (χ0) is 68.3. The van der Waals surface area contributed by atoms with E-state index in [1.807, 2.05) is 0 Å². The molecule has 41 heteroatoms. The number of carbonyl (C=O) groups is 4. The Balaban J connectivity index is 1.25. The van der Waals surface area contributed by atoms with Crippen LogP contribution in [0.2, 0.25) is 0 Å². The number of carboxylic acid groups (broad SMARTS) is 1.